The molecule has 0 saturated carbocycles. The Morgan fingerprint density at radius 3 is 2.47 bits per heavy atom. The first-order valence-corrected chi connectivity index (χ1v) is 6.31. The van der Waals surface area contributed by atoms with E-state index in [1.165, 1.54) is 19.2 Å². The first-order chi connectivity index (χ1) is 6.90. The highest BCUT2D eigenvalue weighted by molar-refractivity contribution is 8.13. The van der Waals surface area contributed by atoms with Crippen LogP contribution < -0.4 is 4.74 Å². The summed E-state index contributed by atoms with van der Waals surface area (Å²) in [7, 11) is 2.40. The van der Waals surface area contributed by atoms with E-state index in [0.717, 1.165) is 0 Å². The molecule has 1 rings (SSSR count). The van der Waals surface area contributed by atoms with Crippen LogP contribution in [0.2, 0.25) is 5.02 Å². The number of rotatable bonds is 2. The van der Waals surface area contributed by atoms with E-state index in [1.807, 2.05) is 0 Å². The number of nitriles is 1. The van der Waals surface area contributed by atoms with Gasteiger partial charge in [0, 0.05) is 21.8 Å². The van der Waals surface area contributed by atoms with Crippen LogP contribution in [-0.4, -0.2) is 15.5 Å². The second-order valence-corrected chi connectivity index (χ2v) is 5.47. The molecule has 0 saturated heterocycles. The number of halogens is 2. The van der Waals surface area contributed by atoms with Gasteiger partial charge in [-0.05, 0) is 6.07 Å². The van der Waals surface area contributed by atoms with Crippen molar-refractivity contribution in [3.05, 3.63) is 22.7 Å². The highest BCUT2D eigenvalue weighted by Crippen LogP contribution is 2.33. The van der Waals surface area contributed by atoms with Gasteiger partial charge in [0.15, 0.2) is 0 Å². The molecule has 4 nitrogen and oxygen atoms in total. The van der Waals surface area contributed by atoms with Crippen LogP contribution in [0.5, 0.6) is 5.75 Å². The molecule has 0 N–H and O–H groups in total. The minimum Gasteiger partial charge on any atom is -0.495 e. The van der Waals surface area contributed by atoms with Crippen LogP contribution in [0.4, 0.5) is 0 Å². The van der Waals surface area contributed by atoms with Crippen LogP contribution in [0.25, 0.3) is 0 Å². The fourth-order valence-corrected chi connectivity index (χ4v) is 2.49. The molecule has 0 bridgehead atoms. The fourth-order valence-electron chi connectivity index (χ4n) is 1.05. The Balaban J connectivity index is 3.69. The molecule has 1 aromatic rings. The van der Waals surface area contributed by atoms with Crippen molar-refractivity contribution in [2.45, 2.75) is 4.90 Å². The summed E-state index contributed by atoms with van der Waals surface area (Å²) in [6.07, 6.45) is 0. The molecule has 0 spiro atoms. The van der Waals surface area contributed by atoms with Crippen LogP contribution in [0.3, 0.4) is 0 Å². The number of hydrogen-bond acceptors (Lipinski definition) is 4. The normalized spacial score (nSPS) is 10.8. The summed E-state index contributed by atoms with van der Waals surface area (Å²) in [6.45, 7) is 0. The number of methoxy groups -OCH3 is 1. The third-order valence-corrected chi connectivity index (χ3v) is 3.19. The van der Waals surface area contributed by atoms with Gasteiger partial charge in [0.2, 0.25) is 0 Å². The lowest BCUT2D eigenvalue weighted by atomic mass is 10.2. The SMILES string of the molecule is COc1cc(Cl)cc(C#N)c1S(=O)(=O)Cl. The Bertz CT molecular complexity index is 534. The van der Waals surface area contributed by atoms with Gasteiger partial charge in [-0.3, -0.25) is 0 Å². The summed E-state index contributed by atoms with van der Waals surface area (Å²) in [6, 6.07) is 4.17. The first kappa shape index (κ1) is 12.1. The van der Waals surface area contributed by atoms with Gasteiger partial charge in [-0.1, -0.05) is 11.6 Å². The largest absolute Gasteiger partial charge is 0.495 e. The Hall–Kier alpha value is -0.960. The third-order valence-electron chi connectivity index (χ3n) is 1.60. The second kappa shape index (κ2) is 4.27. The van der Waals surface area contributed by atoms with E-state index in [2.05, 4.69) is 0 Å². The number of hydrogen-bond donors (Lipinski definition) is 0. The molecule has 0 heterocycles. The summed E-state index contributed by atoms with van der Waals surface area (Å²) in [5.74, 6) is -0.0472. The van der Waals surface area contributed by atoms with E-state index >= 15 is 0 Å². The first-order valence-electron chi connectivity index (χ1n) is 3.62. The van der Waals surface area contributed by atoms with Gasteiger partial charge in [-0.2, -0.15) is 5.26 Å². The predicted octanol–water partition coefficient (Wildman–Crippen LogP) is 2.15. The number of ether oxygens (including phenoxy) is 1. The molecule has 0 aliphatic heterocycles. The highest BCUT2D eigenvalue weighted by atomic mass is 35.7. The monoisotopic (exact) mass is 265 g/mol. The van der Waals surface area contributed by atoms with Gasteiger partial charge in [-0.15, -0.1) is 0 Å². The van der Waals surface area contributed by atoms with Crippen molar-refractivity contribution in [2.24, 2.45) is 0 Å². The molecule has 0 fully saturated rings. The molecular formula is C8H5Cl2NO3S. The minimum absolute atomic E-state index is 0.0472. The molecule has 7 heteroatoms. The van der Waals surface area contributed by atoms with Gasteiger partial charge >= 0.3 is 0 Å². The molecule has 0 radical (unpaired) electrons. The molecule has 0 aliphatic rings. The summed E-state index contributed by atoms with van der Waals surface area (Å²) < 4.78 is 27.2. The molecule has 0 unspecified atom stereocenters. The molecule has 15 heavy (non-hydrogen) atoms. The topological polar surface area (TPSA) is 67.2 Å². The maximum atomic E-state index is 11.2. The smallest absolute Gasteiger partial charge is 0.266 e. The Morgan fingerprint density at radius 2 is 2.07 bits per heavy atom. The van der Waals surface area contributed by atoms with Crippen molar-refractivity contribution in [1.82, 2.24) is 0 Å². The molecular weight excluding hydrogens is 261 g/mol. The van der Waals surface area contributed by atoms with E-state index in [0.29, 0.717) is 0 Å². The average Bonchev–Trinajstić information content (AvgIpc) is 2.14. The lowest BCUT2D eigenvalue weighted by molar-refractivity contribution is 0.403. The van der Waals surface area contributed by atoms with Crippen molar-refractivity contribution in [2.75, 3.05) is 7.11 Å². The summed E-state index contributed by atoms with van der Waals surface area (Å²) in [5.41, 5.74) is -0.144. The second-order valence-electron chi connectivity index (χ2n) is 2.53. The Labute approximate surface area is 96.4 Å². The van der Waals surface area contributed by atoms with Crippen molar-refractivity contribution in [1.29, 1.82) is 5.26 Å². The predicted molar refractivity (Wildman–Crippen MR) is 55.8 cm³/mol. The van der Waals surface area contributed by atoms with Gasteiger partial charge in [0.1, 0.15) is 16.7 Å². The van der Waals surface area contributed by atoms with Crippen LogP contribution in [0.15, 0.2) is 17.0 Å². The summed E-state index contributed by atoms with van der Waals surface area (Å²) >= 11 is 5.66. The Morgan fingerprint density at radius 1 is 1.47 bits per heavy atom. The fraction of sp³-hybridized carbons (Fsp3) is 0.125. The zero-order chi connectivity index (χ0) is 11.6. The lowest BCUT2D eigenvalue weighted by Crippen LogP contribution is -1.99. The standard InChI is InChI=1S/C8H5Cl2NO3S/c1-14-7-3-6(9)2-5(4-11)8(7)15(10,12)13/h2-3H,1H3. The zero-order valence-corrected chi connectivity index (χ0v) is 9.82. The molecule has 1 aromatic carbocycles. The van der Waals surface area contributed by atoms with E-state index in [-0.39, 0.29) is 21.2 Å². The molecule has 80 valence electrons. The average molecular weight is 266 g/mol. The quantitative estimate of drug-likeness (QED) is 0.769. The molecule has 0 aliphatic carbocycles. The zero-order valence-electron chi connectivity index (χ0n) is 7.49. The maximum absolute atomic E-state index is 11.2. The van der Waals surface area contributed by atoms with E-state index in [4.69, 9.17) is 32.3 Å². The minimum atomic E-state index is -4.04. The third kappa shape index (κ3) is 2.53. The summed E-state index contributed by atoms with van der Waals surface area (Å²) in [4.78, 5) is -0.362. The van der Waals surface area contributed by atoms with Crippen LogP contribution in [0.1, 0.15) is 5.56 Å². The maximum Gasteiger partial charge on any atom is 0.266 e. The van der Waals surface area contributed by atoms with E-state index in [1.54, 1.807) is 6.07 Å². The van der Waals surface area contributed by atoms with Crippen molar-refractivity contribution >= 4 is 31.3 Å². The highest BCUT2D eigenvalue weighted by Gasteiger charge is 2.22. The van der Waals surface area contributed by atoms with Crippen molar-refractivity contribution in [3.8, 4) is 11.8 Å². The van der Waals surface area contributed by atoms with Gasteiger partial charge < -0.3 is 4.74 Å². The van der Waals surface area contributed by atoms with Gasteiger partial charge in [-0.25, -0.2) is 8.42 Å². The molecule has 0 aromatic heterocycles. The van der Waals surface area contributed by atoms with Crippen molar-refractivity contribution in [3.63, 3.8) is 0 Å². The number of nitrogens with zero attached hydrogens (tertiary/aromatic N) is 1. The van der Waals surface area contributed by atoms with Crippen molar-refractivity contribution < 1.29 is 13.2 Å². The van der Waals surface area contributed by atoms with Crippen LogP contribution in [0, 0.1) is 11.3 Å². The van der Waals surface area contributed by atoms with Gasteiger partial charge in [0.05, 0.1) is 12.7 Å². The Kier molecular flexibility index (Phi) is 3.45. The molecule has 0 atom stereocenters. The van der Waals surface area contributed by atoms with Crippen LogP contribution in [-0.2, 0) is 9.05 Å². The van der Waals surface area contributed by atoms with E-state index < -0.39 is 9.05 Å². The van der Waals surface area contributed by atoms with Crippen LogP contribution >= 0.6 is 22.3 Å². The summed E-state index contributed by atoms with van der Waals surface area (Å²) in [5, 5.41) is 8.94. The van der Waals surface area contributed by atoms with Gasteiger partial charge in [0.25, 0.3) is 9.05 Å². The lowest BCUT2D eigenvalue weighted by Gasteiger charge is -2.07. The van der Waals surface area contributed by atoms with E-state index in [9.17, 15) is 8.42 Å². The molecule has 0 amide bonds. The number of benzene rings is 1.